The summed E-state index contributed by atoms with van der Waals surface area (Å²) in [6.07, 6.45) is -8.51. The van der Waals surface area contributed by atoms with Crippen molar-refractivity contribution in [1.82, 2.24) is 4.98 Å². The van der Waals surface area contributed by atoms with Crippen molar-refractivity contribution in [3.8, 4) is 0 Å². The third kappa shape index (κ3) is 3.69. The molecular weight excluding hydrogens is 237 g/mol. The van der Waals surface area contributed by atoms with Gasteiger partial charge in [-0.1, -0.05) is 6.57 Å². The molecule has 0 saturated heterocycles. The van der Waals surface area contributed by atoms with Crippen molar-refractivity contribution in [2.75, 3.05) is 0 Å². The van der Waals surface area contributed by atoms with Crippen molar-refractivity contribution in [3.05, 3.63) is 35.3 Å². The summed E-state index contributed by atoms with van der Waals surface area (Å²) in [5, 5.41) is 18.3. The summed E-state index contributed by atoms with van der Waals surface area (Å²) in [4.78, 5) is 6.60. The quantitative estimate of drug-likeness (QED) is 0.802. The summed E-state index contributed by atoms with van der Waals surface area (Å²) in [6, 6.07) is 2.48. The molecule has 0 bridgehead atoms. The smallest absolute Gasteiger partial charge is 0.388 e. The van der Waals surface area contributed by atoms with E-state index in [1.807, 2.05) is 0 Å². The van der Waals surface area contributed by atoms with Crippen molar-refractivity contribution >= 4 is 5.82 Å². The average molecular weight is 246 g/mol. The first-order chi connectivity index (χ1) is 7.84. The van der Waals surface area contributed by atoms with Gasteiger partial charge in [-0.2, -0.15) is 13.2 Å². The normalized spacial score (nSPS) is 15.1. The number of hydrogen-bond acceptors (Lipinski definition) is 3. The highest BCUT2D eigenvalue weighted by atomic mass is 19.4. The molecule has 1 aromatic rings. The van der Waals surface area contributed by atoms with Crippen LogP contribution in [0, 0.1) is 6.57 Å². The van der Waals surface area contributed by atoms with Crippen LogP contribution in [-0.4, -0.2) is 27.5 Å². The second kappa shape index (κ2) is 5.12. The fraction of sp³-hybridized carbons (Fsp3) is 0.400. The average Bonchev–Trinajstić information content (AvgIpc) is 2.27. The Morgan fingerprint density at radius 1 is 1.41 bits per heavy atom. The fourth-order valence-electron chi connectivity index (χ4n) is 1.18. The minimum atomic E-state index is -4.77. The van der Waals surface area contributed by atoms with Gasteiger partial charge in [0.05, 0.1) is 6.10 Å². The van der Waals surface area contributed by atoms with Gasteiger partial charge in [0, 0.05) is 6.42 Å². The van der Waals surface area contributed by atoms with Gasteiger partial charge in [-0.3, -0.25) is 0 Å². The molecule has 2 unspecified atom stereocenters. The van der Waals surface area contributed by atoms with E-state index < -0.39 is 24.8 Å². The highest BCUT2D eigenvalue weighted by Crippen LogP contribution is 2.28. The summed E-state index contributed by atoms with van der Waals surface area (Å²) < 4.78 is 36.1. The second-order valence-corrected chi connectivity index (χ2v) is 3.37. The van der Waals surface area contributed by atoms with Crippen molar-refractivity contribution < 1.29 is 23.4 Å². The van der Waals surface area contributed by atoms with Crippen LogP contribution in [0.4, 0.5) is 19.0 Å². The SMILES string of the molecule is [C-]#[N+]c1cc(C(O)CC(O)C(F)(F)F)ccn1. The van der Waals surface area contributed by atoms with Crippen molar-refractivity contribution in [3.63, 3.8) is 0 Å². The van der Waals surface area contributed by atoms with Crippen LogP contribution in [0.25, 0.3) is 4.85 Å². The number of pyridine rings is 1. The minimum Gasteiger partial charge on any atom is -0.388 e. The van der Waals surface area contributed by atoms with Gasteiger partial charge >= 0.3 is 6.18 Å². The standard InChI is InChI=1S/C10H9F3N2O2/c1-14-9-4-6(2-3-15-9)7(16)5-8(17)10(11,12)13/h2-4,7-8,16-17H,5H2. The van der Waals surface area contributed by atoms with Crippen molar-refractivity contribution in [2.45, 2.75) is 24.8 Å². The lowest BCUT2D eigenvalue weighted by atomic mass is 10.0. The molecule has 1 aromatic heterocycles. The molecule has 7 heteroatoms. The molecule has 0 spiro atoms. The van der Waals surface area contributed by atoms with Crippen LogP contribution in [0.5, 0.6) is 0 Å². The van der Waals surface area contributed by atoms with Crippen LogP contribution in [-0.2, 0) is 0 Å². The number of nitrogens with zero attached hydrogens (tertiary/aromatic N) is 2. The molecule has 0 fully saturated rings. The number of rotatable bonds is 3. The monoisotopic (exact) mass is 246 g/mol. The highest BCUT2D eigenvalue weighted by Gasteiger charge is 2.39. The van der Waals surface area contributed by atoms with Gasteiger partial charge in [-0.25, -0.2) is 0 Å². The molecule has 92 valence electrons. The van der Waals surface area contributed by atoms with E-state index in [0.29, 0.717) is 0 Å². The molecule has 1 heterocycles. The van der Waals surface area contributed by atoms with Crippen LogP contribution in [0.15, 0.2) is 18.3 Å². The Labute approximate surface area is 95.2 Å². The minimum absolute atomic E-state index is 0.0250. The van der Waals surface area contributed by atoms with Crippen molar-refractivity contribution in [1.29, 1.82) is 0 Å². The van der Waals surface area contributed by atoms with Crippen LogP contribution in [0.2, 0.25) is 0 Å². The molecule has 0 radical (unpaired) electrons. The van der Waals surface area contributed by atoms with Gasteiger partial charge in [-0.05, 0) is 17.7 Å². The van der Waals surface area contributed by atoms with Crippen LogP contribution < -0.4 is 0 Å². The number of aromatic nitrogens is 1. The zero-order chi connectivity index (χ0) is 13.1. The maximum Gasteiger partial charge on any atom is 0.414 e. The molecule has 0 aliphatic carbocycles. The first-order valence-electron chi connectivity index (χ1n) is 4.61. The number of halogens is 3. The van der Waals surface area contributed by atoms with E-state index in [9.17, 15) is 18.3 Å². The highest BCUT2D eigenvalue weighted by molar-refractivity contribution is 5.38. The Morgan fingerprint density at radius 2 is 2.06 bits per heavy atom. The van der Waals surface area contributed by atoms with Gasteiger partial charge in [-0.15, -0.1) is 4.98 Å². The summed E-state index contributed by atoms with van der Waals surface area (Å²) >= 11 is 0. The van der Waals surface area contributed by atoms with E-state index in [1.54, 1.807) is 0 Å². The number of alkyl halides is 3. The number of aliphatic hydroxyl groups is 2. The second-order valence-electron chi connectivity index (χ2n) is 3.37. The van der Waals surface area contributed by atoms with Crippen LogP contribution >= 0.6 is 0 Å². The summed E-state index contributed by atoms with van der Waals surface area (Å²) in [6.45, 7) is 6.67. The maximum absolute atomic E-state index is 12.0. The first kappa shape index (κ1) is 13.4. The van der Waals surface area contributed by atoms with Gasteiger partial charge in [0.15, 0.2) is 6.10 Å². The Morgan fingerprint density at radius 3 is 2.59 bits per heavy atom. The summed E-state index contributed by atoms with van der Waals surface area (Å²) in [5.74, 6) is -0.0250. The lowest BCUT2D eigenvalue weighted by molar-refractivity contribution is -0.211. The lowest BCUT2D eigenvalue weighted by Gasteiger charge is -2.18. The molecule has 17 heavy (non-hydrogen) atoms. The van der Waals surface area contributed by atoms with Gasteiger partial charge in [0.1, 0.15) is 6.20 Å². The summed E-state index contributed by atoms with van der Waals surface area (Å²) in [7, 11) is 0. The molecule has 0 aliphatic rings. The molecular formula is C10H9F3N2O2. The van der Waals surface area contributed by atoms with E-state index in [2.05, 4.69) is 9.83 Å². The van der Waals surface area contributed by atoms with E-state index in [1.165, 1.54) is 18.3 Å². The predicted molar refractivity (Wildman–Crippen MR) is 52.1 cm³/mol. The van der Waals surface area contributed by atoms with E-state index in [0.717, 1.165) is 0 Å². The van der Waals surface area contributed by atoms with E-state index in [4.69, 9.17) is 11.7 Å². The van der Waals surface area contributed by atoms with Gasteiger partial charge in [0.25, 0.3) is 5.82 Å². The van der Waals surface area contributed by atoms with Crippen LogP contribution in [0.1, 0.15) is 18.1 Å². The van der Waals surface area contributed by atoms with Crippen LogP contribution in [0.3, 0.4) is 0 Å². The topological polar surface area (TPSA) is 57.7 Å². The number of hydrogen-bond donors (Lipinski definition) is 2. The molecule has 0 amide bonds. The Kier molecular flexibility index (Phi) is 4.04. The van der Waals surface area contributed by atoms with E-state index >= 15 is 0 Å². The lowest BCUT2D eigenvalue weighted by Crippen LogP contribution is -2.30. The van der Waals surface area contributed by atoms with Crippen molar-refractivity contribution in [2.24, 2.45) is 0 Å². The largest absolute Gasteiger partial charge is 0.414 e. The molecule has 0 saturated carbocycles. The molecule has 4 nitrogen and oxygen atoms in total. The molecule has 0 aromatic carbocycles. The third-order valence-corrected chi connectivity index (χ3v) is 2.09. The molecule has 0 aliphatic heterocycles. The Bertz CT molecular complexity index is 428. The molecule has 2 atom stereocenters. The van der Waals surface area contributed by atoms with E-state index in [-0.39, 0.29) is 11.4 Å². The zero-order valence-corrected chi connectivity index (χ0v) is 8.52. The van der Waals surface area contributed by atoms with Gasteiger partial charge in [0.2, 0.25) is 0 Å². The summed E-state index contributed by atoms with van der Waals surface area (Å²) in [5.41, 5.74) is 0.120. The number of aliphatic hydroxyl groups excluding tert-OH is 2. The first-order valence-corrected chi connectivity index (χ1v) is 4.61. The predicted octanol–water partition coefficient (Wildman–Crippen LogP) is 1.98. The molecule has 1 rings (SSSR count). The fourth-order valence-corrected chi connectivity index (χ4v) is 1.18. The Hall–Kier alpha value is -1.65. The third-order valence-electron chi connectivity index (χ3n) is 2.09. The maximum atomic E-state index is 12.0. The van der Waals surface area contributed by atoms with Gasteiger partial charge < -0.3 is 15.1 Å². The zero-order valence-electron chi connectivity index (χ0n) is 8.52. The Balaban J connectivity index is 2.77. The molecule has 2 N–H and O–H groups in total.